The van der Waals surface area contributed by atoms with E-state index in [-0.39, 0.29) is 9.92 Å². The van der Waals surface area contributed by atoms with Gasteiger partial charge >= 0.3 is 0 Å². The molecule has 0 amide bonds. The summed E-state index contributed by atoms with van der Waals surface area (Å²) in [6.45, 7) is 2.75. The van der Waals surface area contributed by atoms with Crippen LogP contribution in [0.15, 0.2) is 35.2 Å². The first-order valence-electron chi connectivity index (χ1n) is 7.65. The van der Waals surface area contributed by atoms with E-state index >= 15 is 0 Å². The second kappa shape index (κ2) is 8.67. The third-order valence-electron chi connectivity index (χ3n) is 3.44. The molecule has 0 spiro atoms. The lowest BCUT2D eigenvalue weighted by molar-refractivity contribution is 0.261. The van der Waals surface area contributed by atoms with E-state index in [0.717, 1.165) is 0 Å². The summed E-state index contributed by atoms with van der Waals surface area (Å²) in [5.74, 6) is 0.396. The van der Waals surface area contributed by atoms with Crippen LogP contribution in [-0.4, -0.2) is 40.6 Å². The maximum atomic E-state index is 12.7. The number of likely N-dealkylation sites (N-methyl/N-ethyl adjacent to an activating group) is 1. The van der Waals surface area contributed by atoms with Gasteiger partial charge in [-0.1, -0.05) is 34.8 Å². The third-order valence-corrected chi connectivity index (χ3v) is 5.97. The molecular formula is C17H19Cl3N2O3S. The average Bonchev–Trinajstić information content (AvgIpc) is 2.48. The number of anilines is 1. The summed E-state index contributed by atoms with van der Waals surface area (Å²) in [6.07, 6.45) is 0. The second-order valence-electron chi connectivity index (χ2n) is 5.94. The normalized spacial score (nSPS) is 11.7. The van der Waals surface area contributed by atoms with Crippen molar-refractivity contribution in [3.05, 3.63) is 51.0 Å². The first-order valence-corrected chi connectivity index (χ1v) is 10.3. The zero-order valence-electron chi connectivity index (χ0n) is 14.5. The number of nitrogens with one attached hydrogen (secondary N) is 1. The average molecular weight is 438 g/mol. The molecule has 2 rings (SSSR count). The highest BCUT2D eigenvalue weighted by Crippen LogP contribution is 2.32. The highest BCUT2D eigenvalue weighted by molar-refractivity contribution is 7.92. The maximum absolute atomic E-state index is 12.7. The van der Waals surface area contributed by atoms with Crippen LogP contribution in [0, 0.1) is 6.92 Å². The number of aryl methyl sites for hydroxylation is 1. The summed E-state index contributed by atoms with van der Waals surface area (Å²) in [5, 5.41) is 0.820. The number of hydrogen-bond donors (Lipinski definition) is 1. The topological polar surface area (TPSA) is 58.6 Å². The molecule has 0 aliphatic carbocycles. The summed E-state index contributed by atoms with van der Waals surface area (Å²) in [6, 6.07) is 7.59. The van der Waals surface area contributed by atoms with Crippen LogP contribution in [0.25, 0.3) is 0 Å². The van der Waals surface area contributed by atoms with E-state index in [1.165, 1.54) is 12.1 Å². The molecule has 0 aliphatic heterocycles. The van der Waals surface area contributed by atoms with Crippen molar-refractivity contribution in [2.45, 2.75) is 11.8 Å². The minimum absolute atomic E-state index is 0.0198. The lowest BCUT2D eigenvalue weighted by Crippen LogP contribution is -2.19. The van der Waals surface area contributed by atoms with Gasteiger partial charge in [0.1, 0.15) is 17.3 Å². The van der Waals surface area contributed by atoms with Crippen molar-refractivity contribution < 1.29 is 13.2 Å². The predicted molar refractivity (Wildman–Crippen MR) is 108 cm³/mol. The first kappa shape index (κ1) is 21.1. The first-order chi connectivity index (χ1) is 12.1. The van der Waals surface area contributed by atoms with Gasteiger partial charge in [0.2, 0.25) is 0 Å². The number of sulfonamides is 1. The van der Waals surface area contributed by atoms with Crippen molar-refractivity contribution in [2.75, 3.05) is 32.0 Å². The molecule has 0 heterocycles. The second-order valence-corrected chi connectivity index (χ2v) is 8.81. The van der Waals surface area contributed by atoms with E-state index in [4.69, 9.17) is 39.5 Å². The molecule has 0 aliphatic rings. The van der Waals surface area contributed by atoms with E-state index in [0.29, 0.717) is 40.2 Å². The largest absolute Gasteiger partial charge is 0.491 e. The van der Waals surface area contributed by atoms with Crippen LogP contribution in [0.4, 0.5) is 5.69 Å². The van der Waals surface area contributed by atoms with Crippen molar-refractivity contribution in [3.8, 4) is 5.75 Å². The molecule has 0 atom stereocenters. The van der Waals surface area contributed by atoms with Gasteiger partial charge in [0.05, 0.1) is 15.7 Å². The Morgan fingerprint density at radius 1 is 1.08 bits per heavy atom. The lowest BCUT2D eigenvalue weighted by Gasteiger charge is -2.15. The molecular weight excluding hydrogens is 419 g/mol. The smallest absolute Gasteiger partial charge is 0.263 e. The van der Waals surface area contributed by atoms with Crippen molar-refractivity contribution in [2.24, 2.45) is 0 Å². The highest BCUT2D eigenvalue weighted by atomic mass is 35.5. The summed E-state index contributed by atoms with van der Waals surface area (Å²) in [4.78, 5) is 1.94. The fourth-order valence-corrected chi connectivity index (χ4v) is 4.66. The number of halogens is 3. The number of benzene rings is 2. The molecule has 0 saturated carbocycles. The fraction of sp³-hybridized carbons (Fsp3) is 0.294. The van der Waals surface area contributed by atoms with Gasteiger partial charge in [0, 0.05) is 17.6 Å². The van der Waals surface area contributed by atoms with E-state index in [2.05, 4.69) is 4.72 Å². The van der Waals surface area contributed by atoms with Crippen LogP contribution < -0.4 is 9.46 Å². The van der Waals surface area contributed by atoms with Gasteiger partial charge in [-0.15, -0.1) is 0 Å². The molecule has 0 radical (unpaired) electrons. The van der Waals surface area contributed by atoms with Crippen molar-refractivity contribution in [3.63, 3.8) is 0 Å². The molecule has 2 aromatic rings. The van der Waals surface area contributed by atoms with Crippen molar-refractivity contribution >= 4 is 50.5 Å². The summed E-state index contributed by atoms with van der Waals surface area (Å²) in [7, 11) is -0.0538. The van der Waals surface area contributed by atoms with Crippen molar-refractivity contribution in [1.82, 2.24) is 4.90 Å². The molecule has 0 bridgehead atoms. The Hall–Kier alpha value is -1.18. The van der Waals surface area contributed by atoms with Crippen LogP contribution in [-0.2, 0) is 10.0 Å². The van der Waals surface area contributed by atoms with Gasteiger partial charge in [-0.3, -0.25) is 4.72 Å². The minimum atomic E-state index is -3.90. The Kier molecular flexibility index (Phi) is 7.05. The summed E-state index contributed by atoms with van der Waals surface area (Å²) in [5.41, 5.74) is 0.770. The Morgan fingerprint density at radius 3 is 2.38 bits per heavy atom. The molecule has 0 saturated heterocycles. The van der Waals surface area contributed by atoms with Crippen LogP contribution >= 0.6 is 34.8 Å². The SMILES string of the molecule is Cc1cc(Cl)cc(Cl)c1S(=O)(=O)Nc1ccc(Cl)c(OCCN(C)C)c1. The van der Waals surface area contributed by atoms with Crippen molar-refractivity contribution in [1.29, 1.82) is 0 Å². The summed E-state index contributed by atoms with van der Waals surface area (Å²) >= 11 is 18.1. The molecule has 2 aromatic carbocycles. The maximum Gasteiger partial charge on any atom is 0.263 e. The minimum Gasteiger partial charge on any atom is -0.491 e. The van der Waals surface area contributed by atoms with Gasteiger partial charge in [0.15, 0.2) is 0 Å². The molecule has 0 aromatic heterocycles. The fourth-order valence-electron chi connectivity index (χ4n) is 2.25. The molecule has 9 heteroatoms. The quantitative estimate of drug-likeness (QED) is 0.682. The Morgan fingerprint density at radius 2 is 1.77 bits per heavy atom. The number of hydrogen-bond acceptors (Lipinski definition) is 4. The van der Waals surface area contributed by atoms with E-state index in [1.54, 1.807) is 25.1 Å². The van der Waals surface area contributed by atoms with Crippen LogP contribution in [0.3, 0.4) is 0 Å². The summed E-state index contributed by atoms with van der Waals surface area (Å²) < 4.78 is 33.6. The molecule has 0 unspecified atom stereocenters. The third kappa shape index (κ3) is 5.41. The standard InChI is InChI=1S/C17H19Cl3N2O3S/c1-11-8-12(18)9-15(20)17(11)26(23,24)21-13-4-5-14(19)16(10-13)25-7-6-22(2)3/h4-5,8-10,21H,6-7H2,1-3H3. The Labute approximate surface area is 168 Å². The molecule has 142 valence electrons. The van der Waals surface area contributed by atoms with Gasteiger partial charge in [0.25, 0.3) is 10.0 Å². The van der Waals surface area contributed by atoms with E-state index in [9.17, 15) is 8.42 Å². The number of rotatable bonds is 7. The Balaban J connectivity index is 2.27. The van der Waals surface area contributed by atoms with Gasteiger partial charge < -0.3 is 9.64 Å². The van der Waals surface area contributed by atoms with Crippen LogP contribution in [0.1, 0.15) is 5.56 Å². The van der Waals surface area contributed by atoms with Gasteiger partial charge in [-0.2, -0.15) is 0 Å². The highest BCUT2D eigenvalue weighted by Gasteiger charge is 2.22. The molecule has 0 fully saturated rings. The van der Waals surface area contributed by atoms with Crippen LogP contribution in [0.2, 0.25) is 15.1 Å². The number of nitrogens with zero attached hydrogens (tertiary/aromatic N) is 1. The molecule has 5 nitrogen and oxygen atoms in total. The lowest BCUT2D eigenvalue weighted by atomic mass is 10.2. The Bertz CT molecular complexity index is 879. The zero-order valence-corrected chi connectivity index (χ0v) is 17.6. The van der Waals surface area contributed by atoms with Crippen LogP contribution in [0.5, 0.6) is 5.75 Å². The molecule has 1 N–H and O–H groups in total. The van der Waals surface area contributed by atoms with Gasteiger partial charge in [-0.25, -0.2) is 8.42 Å². The number of ether oxygens (including phenoxy) is 1. The molecule has 26 heavy (non-hydrogen) atoms. The zero-order chi connectivity index (χ0) is 19.5. The predicted octanol–water partition coefficient (Wildman–Crippen LogP) is 4.70. The monoisotopic (exact) mass is 436 g/mol. The van der Waals surface area contributed by atoms with E-state index < -0.39 is 10.0 Å². The van der Waals surface area contributed by atoms with E-state index in [1.807, 2.05) is 19.0 Å². The van der Waals surface area contributed by atoms with Gasteiger partial charge in [-0.05, 0) is 50.8 Å².